The maximum absolute atomic E-state index is 6.50. The fourth-order valence-corrected chi connectivity index (χ4v) is 10.1. The Balaban J connectivity index is 1.03. The summed E-state index contributed by atoms with van der Waals surface area (Å²) in [5, 5.41) is 2.26. The molecule has 0 bridgehead atoms. The number of furan rings is 1. The van der Waals surface area contributed by atoms with E-state index in [4.69, 9.17) is 4.42 Å². The molecule has 0 aliphatic heterocycles. The van der Waals surface area contributed by atoms with Crippen molar-refractivity contribution in [3.05, 3.63) is 271 Å². The molecule has 0 fully saturated rings. The molecule has 2 nitrogen and oxygen atoms in total. The highest BCUT2D eigenvalue weighted by atomic mass is 16.3. The van der Waals surface area contributed by atoms with E-state index in [1.54, 1.807) is 0 Å². The first-order valence-corrected chi connectivity index (χ1v) is 21.7. The van der Waals surface area contributed by atoms with Gasteiger partial charge in [-0.3, -0.25) is 0 Å². The van der Waals surface area contributed by atoms with Crippen molar-refractivity contribution in [1.82, 2.24) is 0 Å². The van der Waals surface area contributed by atoms with Gasteiger partial charge in [-0.2, -0.15) is 0 Å². The van der Waals surface area contributed by atoms with E-state index in [2.05, 4.69) is 241 Å². The summed E-state index contributed by atoms with van der Waals surface area (Å²) in [5.74, 6) is 0. The highest BCUT2D eigenvalue weighted by Gasteiger charge is 2.47. The van der Waals surface area contributed by atoms with Crippen LogP contribution in [-0.2, 0) is 5.41 Å². The van der Waals surface area contributed by atoms with Crippen molar-refractivity contribution >= 4 is 39.0 Å². The van der Waals surface area contributed by atoms with Gasteiger partial charge >= 0.3 is 0 Å². The summed E-state index contributed by atoms with van der Waals surface area (Å²) in [5.41, 5.74) is 19.1. The van der Waals surface area contributed by atoms with Crippen LogP contribution in [0.1, 0.15) is 22.3 Å². The molecular weight excluding hydrogens is 763 g/mol. The lowest BCUT2D eigenvalue weighted by Crippen LogP contribution is -2.28. The van der Waals surface area contributed by atoms with E-state index in [0.717, 1.165) is 50.1 Å². The average molecular weight is 804 g/mol. The second-order valence-corrected chi connectivity index (χ2v) is 16.4. The summed E-state index contributed by atoms with van der Waals surface area (Å²) in [6, 6.07) is 90.2. The topological polar surface area (TPSA) is 16.4 Å². The van der Waals surface area contributed by atoms with E-state index in [-0.39, 0.29) is 0 Å². The molecule has 1 aromatic heterocycles. The summed E-state index contributed by atoms with van der Waals surface area (Å²) in [6.45, 7) is 0. The maximum Gasteiger partial charge on any atom is 0.143 e. The Kier molecular flexibility index (Phi) is 8.76. The molecule has 0 radical (unpaired) electrons. The van der Waals surface area contributed by atoms with Crippen molar-refractivity contribution in [1.29, 1.82) is 0 Å². The molecule has 296 valence electrons. The third-order valence-electron chi connectivity index (χ3n) is 13.0. The van der Waals surface area contributed by atoms with Crippen LogP contribution in [0, 0.1) is 0 Å². The van der Waals surface area contributed by atoms with Crippen molar-refractivity contribution in [2.45, 2.75) is 5.41 Å². The van der Waals surface area contributed by atoms with E-state index in [1.165, 1.54) is 55.6 Å². The van der Waals surface area contributed by atoms with E-state index in [9.17, 15) is 0 Å². The van der Waals surface area contributed by atoms with Crippen LogP contribution < -0.4 is 4.90 Å². The lowest BCUT2D eigenvalue weighted by atomic mass is 9.68. The molecule has 1 aliphatic carbocycles. The normalized spacial score (nSPS) is 12.6. The molecule has 0 N–H and O–H groups in total. The molecule has 10 aromatic carbocycles. The first-order chi connectivity index (χ1) is 31.3. The number of rotatable bonds is 8. The smallest absolute Gasteiger partial charge is 0.143 e. The van der Waals surface area contributed by atoms with Crippen LogP contribution in [0.4, 0.5) is 17.1 Å². The predicted molar refractivity (Wildman–Crippen MR) is 262 cm³/mol. The molecule has 1 heterocycles. The Morgan fingerprint density at radius 3 is 1.43 bits per heavy atom. The van der Waals surface area contributed by atoms with Gasteiger partial charge < -0.3 is 9.32 Å². The highest BCUT2D eigenvalue weighted by molar-refractivity contribution is 6.09. The molecule has 0 atom stereocenters. The summed E-state index contributed by atoms with van der Waals surface area (Å²) in [4.78, 5) is 2.44. The van der Waals surface area contributed by atoms with Gasteiger partial charge in [-0.05, 0) is 92.0 Å². The minimum absolute atomic E-state index is 0.513. The van der Waals surface area contributed by atoms with Crippen LogP contribution in [-0.4, -0.2) is 0 Å². The first-order valence-electron chi connectivity index (χ1n) is 21.7. The van der Waals surface area contributed by atoms with Gasteiger partial charge in [0.05, 0.1) is 11.1 Å². The van der Waals surface area contributed by atoms with Crippen LogP contribution in [0.2, 0.25) is 0 Å². The van der Waals surface area contributed by atoms with Gasteiger partial charge in [0, 0.05) is 33.3 Å². The SMILES string of the molecule is c1ccc(-c2ccc(-c3ccc(N(c4ccc(-c5cccc6c5oc5ccccc56)cc4)c4cccc5c4-c4ccccc4C5(c4ccccc4)c4ccccc4)cc3)cc2)cc1. The minimum atomic E-state index is -0.513. The zero-order chi connectivity index (χ0) is 41.7. The lowest BCUT2D eigenvalue weighted by molar-refractivity contribution is 0.670. The number of para-hydroxylation sites is 2. The zero-order valence-electron chi connectivity index (χ0n) is 34.5. The number of hydrogen-bond donors (Lipinski definition) is 0. The highest BCUT2D eigenvalue weighted by Crippen LogP contribution is 2.59. The van der Waals surface area contributed by atoms with Gasteiger partial charge in [0.1, 0.15) is 11.2 Å². The standard InChI is InChI=1S/C61H41NO/c1-4-16-42(17-5-1)43-30-32-44(33-31-43)45-34-38-49(39-35-45)62(50-40-36-46(37-41-50)51-24-14-25-53-52-22-11-13-29-58(52)63-60(51)53)57-28-15-27-56-59(57)54-23-10-12-26-55(54)61(56,47-18-6-2-7-19-47)48-20-8-3-9-21-48/h1-41H. The maximum atomic E-state index is 6.50. The second-order valence-electron chi connectivity index (χ2n) is 16.4. The number of benzene rings is 10. The van der Waals surface area contributed by atoms with Crippen molar-refractivity contribution in [3.63, 3.8) is 0 Å². The molecular formula is C61H41NO. The van der Waals surface area contributed by atoms with Crippen molar-refractivity contribution in [2.75, 3.05) is 4.90 Å². The number of fused-ring (bicyclic) bond motifs is 6. The van der Waals surface area contributed by atoms with E-state index >= 15 is 0 Å². The van der Waals surface area contributed by atoms with Gasteiger partial charge in [0.15, 0.2) is 0 Å². The van der Waals surface area contributed by atoms with Crippen molar-refractivity contribution in [3.8, 4) is 44.5 Å². The summed E-state index contributed by atoms with van der Waals surface area (Å²) >= 11 is 0. The Hall–Kier alpha value is -8.20. The number of anilines is 3. The Bertz CT molecular complexity index is 3370. The monoisotopic (exact) mass is 803 g/mol. The average Bonchev–Trinajstić information content (AvgIpc) is 3.90. The molecule has 12 rings (SSSR count). The van der Waals surface area contributed by atoms with Crippen LogP contribution in [0.25, 0.3) is 66.4 Å². The summed E-state index contributed by atoms with van der Waals surface area (Å²) in [7, 11) is 0. The van der Waals surface area contributed by atoms with E-state index in [1.807, 2.05) is 12.1 Å². The largest absolute Gasteiger partial charge is 0.455 e. The van der Waals surface area contributed by atoms with Gasteiger partial charge in [-0.1, -0.05) is 212 Å². The van der Waals surface area contributed by atoms with Crippen LogP contribution >= 0.6 is 0 Å². The third-order valence-corrected chi connectivity index (χ3v) is 13.0. The molecule has 0 saturated carbocycles. The van der Waals surface area contributed by atoms with Gasteiger partial charge in [0.2, 0.25) is 0 Å². The van der Waals surface area contributed by atoms with E-state index < -0.39 is 5.41 Å². The van der Waals surface area contributed by atoms with Crippen LogP contribution in [0.5, 0.6) is 0 Å². The number of nitrogens with zero attached hydrogens (tertiary/aromatic N) is 1. The molecule has 0 saturated heterocycles. The fraction of sp³-hybridized carbons (Fsp3) is 0.0164. The number of hydrogen-bond acceptors (Lipinski definition) is 2. The molecule has 0 unspecified atom stereocenters. The molecule has 63 heavy (non-hydrogen) atoms. The van der Waals surface area contributed by atoms with Gasteiger partial charge in [0.25, 0.3) is 0 Å². The zero-order valence-corrected chi connectivity index (χ0v) is 34.5. The fourth-order valence-electron chi connectivity index (χ4n) is 10.1. The molecule has 11 aromatic rings. The van der Waals surface area contributed by atoms with Crippen molar-refractivity contribution < 1.29 is 4.42 Å². The van der Waals surface area contributed by atoms with Crippen LogP contribution in [0.3, 0.4) is 0 Å². The first kappa shape index (κ1) is 36.6. The van der Waals surface area contributed by atoms with Crippen LogP contribution in [0.15, 0.2) is 253 Å². The quantitative estimate of drug-likeness (QED) is 0.152. The Morgan fingerprint density at radius 2 is 0.778 bits per heavy atom. The lowest BCUT2D eigenvalue weighted by Gasteiger charge is -2.34. The Morgan fingerprint density at radius 1 is 0.317 bits per heavy atom. The van der Waals surface area contributed by atoms with Gasteiger partial charge in [-0.25, -0.2) is 0 Å². The predicted octanol–water partition coefficient (Wildman–Crippen LogP) is 16.4. The molecule has 1 aliphatic rings. The second kappa shape index (κ2) is 15.1. The Labute approximate surface area is 367 Å². The molecule has 0 spiro atoms. The molecule has 2 heteroatoms. The molecule has 0 amide bonds. The van der Waals surface area contributed by atoms with Gasteiger partial charge in [-0.15, -0.1) is 0 Å². The third kappa shape index (κ3) is 5.95. The summed E-state index contributed by atoms with van der Waals surface area (Å²) in [6.07, 6.45) is 0. The summed E-state index contributed by atoms with van der Waals surface area (Å²) < 4.78 is 6.50. The minimum Gasteiger partial charge on any atom is -0.455 e. The van der Waals surface area contributed by atoms with Crippen molar-refractivity contribution in [2.24, 2.45) is 0 Å². The van der Waals surface area contributed by atoms with E-state index in [0.29, 0.717) is 0 Å².